The first kappa shape index (κ1) is 46.3. The highest BCUT2D eigenvalue weighted by Crippen LogP contribution is 2.43. The van der Waals surface area contributed by atoms with E-state index in [1.165, 1.54) is 16.7 Å². The van der Waals surface area contributed by atoms with Crippen molar-refractivity contribution in [1.29, 1.82) is 0 Å². The number of ether oxygens (including phenoxy) is 3. The molecule has 2 N–H and O–H groups in total. The minimum absolute atomic E-state index is 0.00314. The Balaban J connectivity index is 0.956. The predicted octanol–water partition coefficient (Wildman–Crippen LogP) is 7.13. The van der Waals surface area contributed by atoms with Gasteiger partial charge < -0.3 is 33.9 Å². The molecule has 0 bridgehead atoms. The number of rotatable bonds is 14. The summed E-state index contributed by atoms with van der Waals surface area (Å²) in [6.07, 6.45) is 7.15. The molecule has 3 aromatic heterocycles. The zero-order chi connectivity index (χ0) is 45.9. The molecule has 2 fully saturated rings. The Morgan fingerprint density at radius 2 is 1.77 bits per heavy atom. The van der Waals surface area contributed by atoms with E-state index in [0.717, 1.165) is 80.3 Å². The van der Waals surface area contributed by atoms with Crippen LogP contribution >= 0.6 is 23.2 Å². The number of carbonyl (C=O) groups is 2. The Kier molecular flexibility index (Phi) is 14.0. The lowest BCUT2D eigenvalue weighted by molar-refractivity contribution is -0.140. The number of H-pyrrole nitrogens is 1. The van der Waals surface area contributed by atoms with E-state index >= 15 is 0 Å². The minimum atomic E-state index is -4.47. The number of nitrogens with one attached hydrogen (secondary N) is 2. The fourth-order valence-corrected chi connectivity index (χ4v) is 9.81. The highest BCUT2D eigenvalue weighted by Gasteiger charge is 2.31. The van der Waals surface area contributed by atoms with Gasteiger partial charge in [0, 0.05) is 67.6 Å². The van der Waals surface area contributed by atoms with E-state index in [0.29, 0.717) is 31.1 Å². The zero-order valence-corrected chi connectivity index (χ0v) is 39.3. The lowest BCUT2D eigenvalue weighted by Gasteiger charge is -2.39. The van der Waals surface area contributed by atoms with Crippen molar-refractivity contribution < 1.29 is 32.2 Å². The molecular weight excluding hydrogens is 892 g/mol. The number of piperazine rings is 1. The quantitative estimate of drug-likeness (QED) is 0.116. The van der Waals surface area contributed by atoms with Crippen molar-refractivity contribution in [1.82, 2.24) is 34.4 Å². The van der Waals surface area contributed by atoms with E-state index < -0.39 is 22.0 Å². The van der Waals surface area contributed by atoms with E-state index in [2.05, 4.69) is 55.5 Å². The summed E-state index contributed by atoms with van der Waals surface area (Å²) in [5.41, 5.74) is 5.85. The molecular formula is C47H54Cl2N8O7S. The van der Waals surface area contributed by atoms with Gasteiger partial charge in [-0.3, -0.25) is 14.5 Å². The first-order chi connectivity index (χ1) is 31.1. The van der Waals surface area contributed by atoms with E-state index in [1.807, 2.05) is 32.3 Å². The van der Waals surface area contributed by atoms with Gasteiger partial charge in [-0.2, -0.15) is 0 Å². The molecule has 8 rings (SSSR count). The molecule has 344 valence electrons. The number of carbonyl (C=O) groups excluding carboxylic acids is 2. The number of halogens is 2. The van der Waals surface area contributed by atoms with Crippen LogP contribution in [0.5, 0.6) is 17.4 Å². The highest BCUT2D eigenvalue weighted by atomic mass is 35.5. The van der Waals surface area contributed by atoms with E-state index in [9.17, 15) is 18.0 Å². The molecule has 15 nitrogen and oxygen atoms in total. The number of aromatic amines is 1. The topological polar surface area (TPSA) is 163 Å². The largest absolute Gasteiger partial charge is 0.474 e. The molecule has 2 saturated heterocycles. The van der Waals surface area contributed by atoms with E-state index in [1.54, 1.807) is 46.5 Å². The number of fused-ring (bicyclic) bond motifs is 1. The smallest absolute Gasteiger partial charge is 0.268 e. The summed E-state index contributed by atoms with van der Waals surface area (Å²) in [6, 6.07) is 18.1. The number of nitrogens with zero attached hydrogens (tertiary/aromatic N) is 6. The number of hydrogen-bond acceptors (Lipinski definition) is 12. The normalized spacial score (nSPS) is 18.3. The van der Waals surface area contributed by atoms with Crippen LogP contribution in [-0.4, -0.2) is 136 Å². The Bertz CT molecular complexity index is 2680. The molecule has 0 spiro atoms. The van der Waals surface area contributed by atoms with Crippen LogP contribution < -0.4 is 19.1 Å². The summed E-state index contributed by atoms with van der Waals surface area (Å²) < 4.78 is 47.4. The lowest BCUT2D eigenvalue weighted by Crippen LogP contribution is -2.49. The first-order valence-electron chi connectivity index (χ1n) is 21.7. The van der Waals surface area contributed by atoms with Crippen molar-refractivity contribution >= 4 is 67.3 Å². The third-order valence-electron chi connectivity index (χ3n) is 12.0. The van der Waals surface area contributed by atoms with Crippen LogP contribution in [0.1, 0.15) is 49.0 Å². The van der Waals surface area contributed by atoms with Gasteiger partial charge in [0.1, 0.15) is 39.8 Å². The molecule has 2 aliphatic heterocycles. The maximum absolute atomic E-state index is 13.9. The second-order valence-electron chi connectivity index (χ2n) is 17.8. The Morgan fingerprint density at radius 1 is 0.985 bits per heavy atom. The van der Waals surface area contributed by atoms with Gasteiger partial charge in [0.15, 0.2) is 0 Å². The zero-order valence-electron chi connectivity index (χ0n) is 37.0. The molecule has 65 heavy (non-hydrogen) atoms. The highest BCUT2D eigenvalue weighted by molar-refractivity contribution is 7.90. The van der Waals surface area contributed by atoms with Gasteiger partial charge >= 0.3 is 0 Å². The van der Waals surface area contributed by atoms with Gasteiger partial charge in [-0.1, -0.05) is 54.8 Å². The third-order valence-corrected chi connectivity index (χ3v) is 13.8. The number of anilines is 1. The minimum Gasteiger partial charge on any atom is -0.474 e. The predicted molar refractivity (Wildman–Crippen MR) is 252 cm³/mol. The molecule has 1 atom stereocenters. The van der Waals surface area contributed by atoms with Crippen molar-refractivity contribution in [3.8, 4) is 17.4 Å². The summed E-state index contributed by atoms with van der Waals surface area (Å²) in [7, 11) is -0.817. The number of amides is 2. The van der Waals surface area contributed by atoms with Crippen LogP contribution in [-0.2, 0) is 19.6 Å². The fourth-order valence-electron chi connectivity index (χ4n) is 8.47. The van der Waals surface area contributed by atoms with E-state index in [4.69, 9.17) is 37.4 Å². The number of sulfonamides is 1. The number of benzene rings is 2. The van der Waals surface area contributed by atoms with Gasteiger partial charge in [-0.15, -0.1) is 0 Å². The first-order valence-corrected chi connectivity index (χ1v) is 23.9. The number of pyridine rings is 2. The number of hydrogen-bond donors (Lipinski definition) is 2. The number of allylic oxidation sites excluding steroid dienone is 1. The fraction of sp³-hybridized carbons (Fsp3) is 0.404. The van der Waals surface area contributed by atoms with Gasteiger partial charge in [0.25, 0.3) is 15.9 Å². The van der Waals surface area contributed by atoms with Gasteiger partial charge in [-0.25, -0.2) is 23.1 Å². The lowest BCUT2D eigenvalue weighted by atomic mass is 9.72. The third kappa shape index (κ3) is 11.4. The van der Waals surface area contributed by atoms with E-state index in [-0.39, 0.29) is 51.6 Å². The maximum Gasteiger partial charge on any atom is 0.268 e. The van der Waals surface area contributed by atoms with Crippen molar-refractivity contribution in [2.24, 2.45) is 5.41 Å². The van der Waals surface area contributed by atoms with Crippen LogP contribution in [0.25, 0.3) is 16.6 Å². The SMILES string of the molecule is CN(C)CC(=O)N1CCO[C@@H](COc2ncc(S(=O)(=O)NC(=O)c3ccc(N4CCN(CC5=C(c6ccc(Cl)cc6)CC(C)(C)CC5)CC4)cc3Oc3cnc4[nH]ccc4c3)cc2Cl)C1. The summed E-state index contributed by atoms with van der Waals surface area (Å²) in [5.74, 6) is -0.424. The summed E-state index contributed by atoms with van der Waals surface area (Å²) in [4.78, 5) is 46.1. The Morgan fingerprint density at radius 3 is 2.52 bits per heavy atom. The second-order valence-corrected chi connectivity index (χ2v) is 20.4. The molecule has 3 aliphatic rings. The maximum atomic E-state index is 13.9. The Labute approximate surface area is 389 Å². The van der Waals surface area contributed by atoms with Gasteiger partial charge in [0.05, 0.1) is 37.7 Å². The molecule has 0 saturated carbocycles. The standard InChI is InChI=1S/C47H54Cl2N8O7S/c1-47(2)13-11-33(40(24-47)31-5-7-34(48)8-6-31)27-55-15-17-56(18-16-55)35-9-10-39(42(22-35)64-36-21-32-12-14-50-44(32)51-25-36)45(59)53-65(60,61)38-23-41(49)46(52-26-38)63-30-37-28-57(19-20-62-37)43(58)29-54(3)4/h5-10,12,14,21-23,25-26,37H,11,13,15-20,24,27-30H2,1-4H3,(H,50,51)(H,53,59)/t37-/m1/s1. The molecule has 5 heterocycles. The van der Waals surface area contributed by atoms with Crippen LogP contribution in [0.3, 0.4) is 0 Å². The Hall–Kier alpha value is -5.23. The summed E-state index contributed by atoms with van der Waals surface area (Å²) in [6.45, 7) is 10.2. The molecule has 5 aromatic rings. The van der Waals surface area contributed by atoms with Gasteiger partial charge in [0.2, 0.25) is 11.8 Å². The van der Waals surface area contributed by atoms with Crippen LogP contribution in [0.4, 0.5) is 5.69 Å². The monoisotopic (exact) mass is 944 g/mol. The summed E-state index contributed by atoms with van der Waals surface area (Å²) >= 11 is 12.7. The number of morpholine rings is 1. The van der Waals surface area contributed by atoms with Crippen LogP contribution in [0.2, 0.25) is 10.0 Å². The summed E-state index contributed by atoms with van der Waals surface area (Å²) in [5, 5.41) is 1.45. The van der Waals surface area contributed by atoms with Crippen molar-refractivity contribution in [2.75, 3.05) is 84.6 Å². The number of aromatic nitrogens is 3. The second kappa shape index (κ2) is 19.7. The average molecular weight is 946 g/mol. The average Bonchev–Trinajstić information content (AvgIpc) is 3.75. The number of likely N-dealkylation sites (N-methyl/N-ethyl adjacent to an activating group) is 1. The molecule has 0 unspecified atom stereocenters. The van der Waals surface area contributed by atoms with Crippen molar-refractivity contribution in [3.63, 3.8) is 0 Å². The molecule has 1 aliphatic carbocycles. The van der Waals surface area contributed by atoms with Crippen molar-refractivity contribution in [3.05, 3.63) is 106 Å². The van der Waals surface area contributed by atoms with Crippen LogP contribution in [0, 0.1) is 5.41 Å². The molecule has 2 amide bonds. The molecule has 0 radical (unpaired) electrons. The molecule has 18 heteroatoms. The van der Waals surface area contributed by atoms with Gasteiger partial charge in [-0.05, 0) is 92.4 Å². The molecule has 2 aromatic carbocycles. The van der Waals surface area contributed by atoms with Crippen LogP contribution in [0.15, 0.2) is 89.7 Å². The van der Waals surface area contributed by atoms with Crippen molar-refractivity contribution in [2.45, 2.75) is 44.1 Å².